The maximum absolute atomic E-state index is 12.9. The maximum atomic E-state index is 12.9. The molecule has 28 heavy (non-hydrogen) atoms. The number of piperidine rings is 2. The van der Waals surface area contributed by atoms with E-state index in [-0.39, 0.29) is 18.1 Å². The number of carbonyl (C=O) groups excluding carboxylic acids is 2. The lowest BCUT2D eigenvalue weighted by Crippen LogP contribution is -2.44. The Morgan fingerprint density at radius 1 is 0.929 bits per heavy atom. The van der Waals surface area contributed by atoms with Crippen molar-refractivity contribution >= 4 is 12.0 Å². The lowest BCUT2D eigenvalue weighted by Gasteiger charge is -2.34. The molecule has 0 radical (unpaired) electrons. The molecule has 0 aromatic heterocycles. The first-order valence-corrected chi connectivity index (χ1v) is 10.4. The summed E-state index contributed by atoms with van der Waals surface area (Å²) in [6.07, 6.45) is 4.51. The number of nitrogens with zero attached hydrogens (tertiary/aromatic N) is 2. The van der Waals surface area contributed by atoms with E-state index in [2.05, 4.69) is 0 Å². The van der Waals surface area contributed by atoms with Gasteiger partial charge in [0, 0.05) is 39.0 Å². The topological polar surface area (TPSA) is 59.1 Å². The highest BCUT2D eigenvalue weighted by Crippen LogP contribution is 2.26. The van der Waals surface area contributed by atoms with Crippen molar-refractivity contribution in [2.24, 2.45) is 0 Å². The Labute approximate surface area is 167 Å². The summed E-state index contributed by atoms with van der Waals surface area (Å²) in [5, 5.41) is 0. The number of hydrogen-bond donors (Lipinski definition) is 0. The van der Waals surface area contributed by atoms with Gasteiger partial charge in [-0.15, -0.1) is 0 Å². The summed E-state index contributed by atoms with van der Waals surface area (Å²) < 4.78 is 11.6. The van der Waals surface area contributed by atoms with Crippen molar-refractivity contribution < 1.29 is 19.1 Å². The van der Waals surface area contributed by atoms with Crippen LogP contribution in [0.25, 0.3) is 0 Å². The average molecular weight is 389 g/mol. The molecular formula is C22H32N2O4. The zero-order valence-corrected chi connectivity index (χ0v) is 17.3. The van der Waals surface area contributed by atoms with Crippen LogP contribution in [-0.2, 0) is 4.74 Å². The van der Waals surface area contributed by atoms with E-state index < -0.39 is 5.60 Å². The smallest absolute Gasteiger partial charge is 0.410 e. The van der Waals surface area contributed by atoms with Gasteiger partial charge in [0.15, 0.2) is 0 Å². The summed E-state index contributed by atoms with van der Waals surface area (Å²) in [4.78, 5) is 28.8. The van der Waals surface area contributed by atoms with Gasteiger partial charge in [-0.1, -0.05) is 12.1 Å². The number of ether oxygens (including phenoxy) is 2. The molecule has 6 heteroatoms. The molecule has 0 spiro atoms. The van der Waals surface area contributed by atoms with Crippen molar-refractivity contribution in [1.29, 1.82) is 0 Å². The maximum Gasteiger partial charge on any atom is 0.410 e. The van der Waals surface area contributed by atoms with Gasteiger partial charge in [0.25, 0.3) is 5.91 Å². The Balaban J connectivity index is 1.58. The molecule has 2 amide bonds. The van der Waals surface area contributed by atoms with Gasteiger partial charge in [-0.25, -0.2) is 4.79 Å². The third kappa shape index (κ3) is 5.40. The number of likely N-dealkylation sites (tertiary alicyclic amines) is 2. The molecule has 2 aliphatic rings. The molecule has 0 bridgehead atoms. The second-order valence-corrected chi connectivity index (χ2v) is 8.63. The van der Waals surface area contributed by atoms with Crippen LogP contribution in [0.3, 0.4) is 0 Å². The van der Waals surface area contributed by atoms with Crippen molar-refractivity contribution in [2.45, 2.75) is 64.6 Å². The highest BCUT2D eigenvalue weighted by Gasteiger charge is 2.29. The second kappa shape index (κ2) is 8.84. The van der Waals surface area contributed by atoms with Gasteiger partial charge >= 0.3 is 6.09 Å². The molecule has 0 saturated carbocycles. The molecule has 2 aliphatic heterocycles. The molecule has 0 aliphatic carbocycles. The quantitative estimate of drug-likeness (QED) is 0.782. The molecule has 1 aromatic rings. The SMILES string of the molecule is CC(C)(C)OC(=O)N1CCC(Oc2ccccc2C(=O)N2CCCCC2)CC1. The van der Waals surface area contributed by atoms with Crippen molar-refractivity contribution in [3.63, 3.8) is 0 Å². The van der Waals surface area contributed by atoms with E-state index in [1.807, 2.05) is 49.9 Å². The van der Waals surface area contributed by atoms with Crippen LogP contribution in [0.4, 0.5) is 4.79 Å². The van der Waals surface area contributed by atoms with Gasteiger partial charge in [0.05, 0.1) is 5.56 Å². The summed E-state index contributed by atoms with van der Waals surface area (Å²) >= 11 is 0. The van der Waals surface area contributed by atoms with Crippen LogP contribution in [0.2, 0.25) is 0 Å². The second-order valence-electron chi connectivity index (χ2n) is 8.63. The predicted octanol–water partition coefficient (Wildman–Crippen LogP) is 4.09. The number of rotatable bonds is 3. The van der Waals surface area contributed by atoms with Gasteiger partial charge in [-0.3, -0.25) is 4.79 Å². The Morgan fingerprint density at radius 2 is 1.57 bits per heavy atom. The molecule has 0 atom stereocenters. The zero-order chi connectivity index (χ0) is 20.1. The molecule has 0 unspecified atom stereocenters. The van der Waals surface area contributed by atoms with Crippen LogP contribution in [0.1, 0.15) is 63.2 Å². The number of carbonyl (C=O) groups is 2. The van der Waals surface area contributed by atoms with E-state index >= 15 is 0 Å². The predicted molar refractivity (Wildman–Crippen MR) is 108 cm³/mol. The molecule has 1 aromatic carbocycles. The summed E-state index contributed by atoms with van der Waals surface area (Å²) in [7, 11) is 0. The van der Waals surface area contributed by atoms with Gasteiger partial charge in [0.1, 0.15) is 17.5 Å². The Morgan fingerprint density at radius 3 is 2.21 bits per heavy atom. The van der Waals surface area contributed by atoms with Crippen molar-refractivity contribution in [1.82, 2.24) is 9.80 Å². The first kappa shape index (κ1) is 20.5. The first-order chi connectivity index (χ1) is 13.3. The minimum atomic E-state index is -0.488. The van der Waals surface area contributed by atoms with Crippen LogP contribution in [0.15, 0.2) is 24.3 Å². The van der Waals surface area contributed by atoms with Crippen LogP contribution in [0, 0.1) is 0 Å². The van der Waals surface area contributed by atoms with Crippen LogP contribution >= 0.6 is 0 Å². The van der Waals surface area contributed by atoms with Gasteiger partial charge in [0.2, 0.25) is 0 Å². The van der Waals surface area contributed by atoms with Gasteiger partial charge < -0.3 is 19.3 Å². The zero-order valence-electron chi connectivity index (χ0n) is 17.3. The third-order valence-electron chi connectivity index (χ3n) is 5.15. The largest absolute Gasteiger partial charge is 0.489 e. The molecule has 3 rings (SSSR count). The Bertz CT molecular complexity index is 684. The lowest BCUT2D eigenvalue weighted by atomic mass is 10.1. The monoisotopic (exact) mass is 388 g/mol. The number of benzene rings is 1. The van der Waals surface area contributed by atoms with E-state index in [0.717, 1.165) is 38.8 Å². The third-order valence-corrected chi connectivity index (χ3v) is 5.15. The van der Waals surface area contributed by atoms with E-state index in [4.69, 9.17) is 9.47 Å². The number of amides is 2. The fourth-order valence-electron chi connectivity index (χ4n) is 3.68. The fraction of sp³-hybridized carbons (Fsp3) is 0.636. The minimum absolute atomic E-state index is 0.00556. The summed E-state index contributed by atoms with van der Waals surface area (Å²) in [5.74, 6) is 0.704. The van der Waals surface area contributed by atoms with Crippen LogP contribution in [-0.4, -0.2) is 59.7 Å². The fourth-order valence-corrected chi connectivity index (χ4v) is 3.68. The molecule has 2 saturated heterocycles. The van der Waals surface area contributed by atoms with E-state index in [1.165, 1.54) is 6.42 Å². The van der Waals surface area contributed by atoms with Crippen LogP contribution in [0.5, 0.6) is 5.75 Å². The molecule has 154 valence electrons. The summed E-state index contributed by atoms with van der Waals surface area (Å²) in [6, 6.07) is 7.51. The van der Waals surface area contributed by atoms with Crippen molar-refractivity contribution in [2.75, 3.05) is 26.2 Å². The van der Waals surface area contributed by atoms with Crippen LogP contribution < -0.4 is 4.74 Å². The molecule has 2 heterocycles. The minimum Gasteiger partial charge on any atom is -0.489 e. The molecule has 6 nitrogen and oxygen atoms in total. The average Bonchev–Trinajstić information content (AvgIpc) is 2.68. The molecular weight excluding hydrogens is 356 g/mol. The number of para-hydroxylation sites is 1. The lowest BCUT2D eigenvalue weighted by molar-refractivity contribution is 0.0126. The highest BCUT2D eigenvalue weighted by atomic mass is 16.6. The van der Waals surface area contributed by atoms with E-state index in [0.29, 0.717) is 24.4 Å². The van der Waals surface area contributed by atoms with E-state index in [9.17, 15) is 9.59 Å². The van der Waals surface area contributed by atoms with Crippen molar-refractivity contribution in [3.8, 4) is 5.75 Å². The highest BCUT2D eigenvalue weighted by molar-refractivity contribution is 5.97. The van der Waals surface area contributed by atoms with E-state index in [1.54, 1.807) is 4.90 Å². The number of hydrogen-bond acceptors (Lipinski definition) is 4. The van der Waals surface area contributed by atoms with Gasteiger partial charge in [-0.2, -0.15) is 0 Å². The molecule has 2 fully saturated rings. The summed E-state index contributed by atoms with van der Waals surface area (Å²) in [6.45, 7) is 8.46. The molecule has 0 N–H and O–H groups in total. The van der Waals surface area contributed by atoms with Gasteiger partial charge in [-0.05, 0) is 52.2 Å². The first-order valence-electron chi connectivity index (χ1n) is 10.4. The summed E-state index contributed by atoms with van der Waals surface area (Å²) in [5.41, 5.74) is 0.150. The van der Waals surface area contributed by atoms with Crippen molar-refractivity contribution in [3.05, 3.63) is 29.8 Å². The Kier molecular flexibility index (Phi) is 6.47. The Hall–Kier alpha value is -2.24. The standard InChI is InChI=1S/C22H32N2O4/c1-22(2,3)28-21(26)24-15-11-17(12-16-24)27-19-10-6-5-9-18(19)20(25)23-13-7-4-8-14-23/h5-6,9-10,17H,4,7-8,11-16H2,1-3H3. The normalized spacial score (nSPS) is 18.7.